The molecular formula is C26H24N2O5. The highest BCUT2D eigenvalue weighted by molar-refractivity contribution is 6.03. The van der Waals surface area contributed by atoms with Gasteiger partial charge in [0.25, 0.3) is 5.91 Å². The van der Waals surface area contributed by atoms with E-state index in [-0.39, 0.29) is 30.2 Å². The third-order valence-corrected chi connectivity index (χ3v) is 5.76. The monoisotopic (exact) mass is 444 g/mol. The Kier molecular flexibility index (Phi) is 6.40. The topological polar surface area (TPSA) is 105 Å². The highest BCUT2D eigenvalue weighted by atomic mass is 16.5. The minimum atomic E-state index is -1.12. The Morgan fingerprint density at radius 2 is 1.48 bits per heavy atom. The Balaban J connectivity index is 1.46. The number of anilines is 1. The summed E-state index contributed by atoms with van der Waals surface area (Å²) in [4.78, 5) is 36.4. The van der Waals surface area contributed by atoms with E-state index in [0.717, 1.165) is 22.3 Å². The van der Waals surface area contributed by atoms with Gasteiger partial charge in [0.1, 0.15) is 12.6 Å². The third-order valence-electron chi connectivity index (χ3n) is 5.76. The van der Waals surface area contributed by atoms with Crippen LogP contribution in [-0.4, -0.2) is 35.7 Å². The van der Waals surface area contributed by atoms with Crippen LogP contribution in [0.3, 0.4) is 0 Å². The molecule has 7 nitrogen and oxygen atoms in total. The van der Waals surface area contributed by atoms with Crippen molar-refractivity contribution in [2.45, 2.75) is 25.3 Å². The normalized spacial score (nSPS) is 12.9. The molecule has 1 atom stereocenters. The number of carboxylic acid groups (broad SMARTS) is 1. The van der Waals surface area contributed by atoms with Crippen molar-refractivity contribution >= 4 is 23.7 Å². The summed E-state index contributed by atoms with van der Waals surface area (Å²) in [6.45, 7) is 1.81. The van der Waals surface area contributed by atoms with Crippen molar-refractivity contribution in [2.24, 2.45) is 0 Å². The van der Waals surface area contributed by atoms with E-state index in [0.29, 0.717) is 0 Å². The van der Waals surface area contributed by atoms with Crippen LogP contribution in [0, 0.1) is 0 Å². The number of carbonyl (C=O) groups excluding carboxylic acids is 2. The number of benzene rings is 3. The maximum atomic E-state index is 12.6. The van der Waals surface area contributed by atoms with Gasteiger partial charge >= 0.3 is 12.1 Å². The molecule has 0 saturated carbocycles. The van der Waals surface area contributed by atoms with Gasteiger partial charge in [-0.05, 0) is 40.8 Å². The van der Waals surface area contributed by atoms with Crippen molar-refractivity contribution < 1.29 is 24.2 Å². The first-order valence-corrected chi connectivity index (χ1v) is 10.7. The van der Waals surface area contributed by atoms with Gasteiger partial charge < -0.3 is 15.2 Å². The van der Waals surface area contributed by atoms with Crippen molar-refractivity contribution in [3.05, 3.63) is 89.5 Å². The molecule has 7 heteroatoms. The van der Waals surface area contributed by atoms with E-state index in [1.807, 2.05) is 36.4 Å². The summed E-state index contributed by atoms with van der Waals surface area (Å²) in [7, 11) is 0. The first-order chi connectivity index (χ1) is 16.0. The Hall–Kier alpha value is -4.13. The summed E-state index contributed by atoms with van der Waals surface area (Å²) in [6, 6.07) is 21.5. The predicted octanol–water partition coefficient (Wildman–Crippen LogP) is 4.64. The van der Waals surface area contributed by atoms with Crippen LogP contribution in [0.15, 0.2) is 72.8 Å². The van der Waals surface area contributed by atoms with E-state index >= 15 is 0 Å². The second kappa shape index (κ2) is 9.56. The maximum absolute atomic E-state index is 12.6. The molecule has 0 saturated heterocycles. The van der Waals surface area contributed by atoms with E-state index in [4.69, 9.17) is 4.74 Å². The second-order valence-corrected chi connectivity index (χ2v) is 7.77. The van der Waals surface area contributed by atoms with Crippen molar-refractivity contribution in [1.29, 1.82) is 0 Å². The highest BCUT2D eigenvalue weighted by Crippen LogP contribution is 2.44. The van der Waals surface area contributed by atoms with Gasteiger partial charge in [0.05, 0.1) is 11.3 Å². The number of amides is 2. The summed E-state index contributed by atoms with van der Waals surface area (Å²) in [6.07, 6.45) is -0.453. The third kappa shape index (κ3) is 4.57. The number of carboxylic acids is 1. The molecular weight excluding hydrogens is 420 g/mol. The average molecular weight is 444 g/mol. The summed E-state index contributed by atoms with van der Waals surface area (Å²) < 4.78 is 5.54. The lowest BCUT2D eigenvalue weighted by Gasteiger charge is -2.16. The molecule has 1 aliphatic rings. The second-order valence-electron chi connectivity index (χ2n) is 7.77. The number of nitrogens with one attached hydrogen (secondary N) is 2. The molecule has 33 heavy (non-hydrogen) atoms. The van der Waals surface area contributed by atoms with Crippen LogP contribution in [0.25, 0.3) is 11.1 Å². The molecule has 168 valence electrons. The Morgan fingerprint density at radius 1 is 0.909 bits per heavy atom. The number of hydrogen-bond acceptors (Lipinski definition) is 4. The summed E-state index contributed by atoms with van der Waals surface area (Å²) >= 11 is 0. The molecule has 0 aromatic heterocycles. The summed E-state index contributed by atoms with van der Waals surface area (Å²) in [5.74, 6) is -1.78. The largest absolute Gasteiger partial charge is 0.480 e. The number of aliphatic carboxylic acids is 1. The predicted molar refractivity (Wildman–Crippen MR) is 124 cm³/mol. The number of carbonyl (C=O) groups is 3. The van der Waals surface area contributed by atoms with Crippen LogP contribution >= 0.6 is 0 Å². The molecule has 0 heterocycles. The molecule has 1 aliphatic carbocycles. The Morgan fingerprint density at radius 3 is 2.09 bits per heavy atom. The molecule has 0 bridgehead atoms. The molecule has 0 unspecified atom stereocenters. The van der Waals surface area contributed by atoms with Gasteiger partial charge in [0.2, 0.25) is 0 Å². The zero-order valence-corrected chi connectivity index (χ0v) is 18.1. The summed E-state index contributed by atoms with van der Waals surface area (Å²) in [5.41, 5.74) is 4.87. The fourth-order valence-corrected chi connectivity index (χ4v) is 4.11. The lowest BCUT2D eigenvalue weighted by molar-refractivity contribution is -0.139. The first kappa shape index (κ1) is 22.1. The van der Waals surface area contributed by atoms with Gasteiger partial charge in [0, 0.05) is 5.92 Å². The Bertz CT molecular complexity index is 1160. The van der Waals surface area contributed by atoms with E-state index in [9.17, 15) is 19.5 Å². The summed E-state index contributed by atoms with van der Waals surface area (Å²) in [5, 5.41) is 14.3. The zero-order valence-electron chi connectivity index (χ0n) is 18.1. The van der Waals surface area contributed by atoms with Gasteiger partial charge in [-0.2, -0.15) is 0 Å². The van der Waals surface area contributed by atoms with Crippen molar-refractivity contribution in [1.82, 2.24) is 5.32 Å². The number of fused-ring (bicyclic) bond motifs is 3. The number of ether oxygens (including phenoxy) is 1. The van der Waals surface area contributed by atoms with Gasteiger partial charge in [-0.1, -0.05) is 67.6 Å². The smallest absolute Gasteiger partial charge is 0.411 e. The first-order valence-electron chi connectivity index (χ1n) is 10.7. The number of para-hydroxylation sites is 1. The molecule has 4 rings (SSSR count). The van der Waals surface area contributed by atoms with Crippen LogP contribution in [0.4, 0.5) is 10.5 Å². The number of hydrogen-bond donors (Lipinski definition) is 3. The van der Waals surface area contributed by atoms with Gasteiger partial charge in [0.15, 0.2) is 0 Å². The van der Waals surface area contributed by atoms with Crippen LogP contribution < -0.4 is 10.6 Å². The fourth-order valence-electron chi connectivity index (χ4n) is 4.11. The molecule has 2 amide bonds. The van der Waals surface area contributed by atoms with Gasteiger partial charge in [-0.3, -0.25) is 10.1 Å². The molecule has 3 N–H and O–H groups in total. The maximum Gasteiger partial charge on any atom is 0.411 e. The fraction of sp³-hybridized carbons (Fsp3) is 0.192. The highest BCUT2D eigenvalue weighted by Gasteiger charge is 2.29. The van der Waals surface area contributed by atoms with E-state index in [1.165, 1.54) is 6.07 Å². The average Bonchev–Trinajstić information content (AvgIpc) is 3.15. The number of rotatable bonds is 7. The standard InChI is InChI=1S/C26H24N2O5/c1-2-22(25(30)31)27-24(29)20-13-7-8-14-23(20)28-26(32)33-15-21-18-11-5-3-9-16(18)17-10-4-6-12-19(17)21/h3-14,21-22H,2,15H2,1H3,(H,27,29)(H,28,32)(H,30,31)/t22-/m1/s1. The van der Waals surface area contributed by atoms with E-state index < -0.39 is 24.0 Å². The van der Waals surface area contributed by atoms with E-state index in [1.54, 1.807) is 25.1 Å². The SMILES string of the molecule is CC[C@@H](NC(=O)c1ccccc1NC(=O)OCC1c2ccccc2-c2ccccc21)C(=O)O. The van der Waals surface area contributed by atoms with Crippen molar-refractivity contribution in [3.8, 4) is 11.1 Å². The van der Waals surface area contributed by atoms with Crippen LogP contribution in [-0.2, 0) is 9.53 Å². The molecule has 3 aromatic rings. The van der Waals surface area contributed by atoms with Gasteiger partial charge in [-0.15, -0.1) is 0 Å². The molecule has 0 fully saturated rings. The van der Waals surface area contributed by atoms with Crippen LogP contribution in [0.5, 0.6) is 0 Å². The van der Waals surface area contributed by atoms with Crippen LogP contribution in [0.1, 0.15) is 40.7 Å². The minimum Gasteiger partial charge on any atom is -0.480 e. The molecule has 3 aromatic carbocycles. The Labute approximate surface area is 191 Å². The lowest BCUT2D eigenvalue weighted by Crippen LogP contribution is -2.40. The van der Waals surface area contributed by atoms with Crippen molar-refractivity contribution in [3.63, 3.8) is 0 Å². The zero-order chi connectivity index (χ0) is 23.4. The molecule has 0 spiro atoms. The van der Waals surface area contributed by atoms with Crippen molar-refractivity contribution in [2.75, 3.05) is 11.9 Å². The van der Waals surface area contributed by atoms with Crippen LogP contribution in [0.2, 0.25) is 0 Å². The van der Waals surface area contributed by atoms with Gasteiger partial charge in [-0.25, -0.2) is 9.59 Å². The molecule has 0 radical (unpaired) electrons. The lowest BCUT2D eigenvalue weighted by atomic mass is 9.98. The van der Waals surface area contributed by atoms with E-state index in [2.05, 4.69) is 22.8 Å². The quantitative estimate of drug-likeness (QED) is 0.492. The minimum absolute atomic E-state index is 0.0810. The molecule has 0 aliphatic heterocycles.